The van der Waals surface area contributed by atoms with Gasteiger partial charge in [0.15, 0.2) is 5.75 Å². The molecule has 18 heavy (non-hydrogen) atoms. The van der Waals surface area contributed by atoms with Gasteiger partial charge >= 0.3 is 0 Å². The summed E-state index contributed by atoms with van der Waals surface area (Å²) in [5.74, 6) is 0.435. The van der Waals surface area contributed by atoms with Gasteiger partial charge in [-0.15, -0.1) is 12.4 Å². The number of rotatable bonds is 4. The Balaban J connectivity index is 0.00000162. The average molecular weight is 268 g/mol. The zero-order valence-corrected chi connectivity index (χ0v) is 10.9. The van der Waals surface area contributed by atoms with Gasteiger partial charge in [0.25, 0.3) is 6.47 Å². The van der Waals surface area contributed by atoms with Crippen LogP contribution in [0.5, 0.6) is 5.75 Å². The molecule has 0 aliphatic carbocycles. The fourth-order valence-electron chi connectivity index (χ4n) is 1.64. The van der Waals surface area contributed by atoms with Crippen LogP contribution in [0.1, 0.15) is 19.9 Å². The smallest absolute Gasteiger partial charge is 0.298 e. The lowest BCUT2D eigenvalue weighted by Crippen LogP contribution is -2.06. The minimum absolute atomic E-state index is 0. The zero-order chi connectivity index (χ0) is 12.3. The van der Waals surface area contributed by atoms with Gasteiger partial charge in [-0.3, -0.25) is 14.5 Å². The first-order chi connectivity index (χ1) is 8.24. The molecule has 2 heterocycles. The molecule has 2 aromatic rings. The summed E-state index contributed by atoms with van der Waals surface area (Å²) in [6, 6.07) is 5.48. The van der Waals surface area contributed by atoms with Crippen molar-refractivity contribution in [1.29, 1.82) is 0 Å². The van der Waals surface area contributed by atoms with Gasteiger partial charge in [0, 0.05) is 18.4 Å². The maximum absolute atomic E-state index is 10.4. The van der Waals surface area contributed by atoms with Crippen LogP contribution in [0, 0.1) is 0 Å². The highest BCUT2D eigenvalue weighted by atomic mass is 35.5. The minimum atomic E-state index is 0. The molecule has 2 aromatic heterocycles. The maximum atomic E-state index is 10.4. The summed E-state index contributed by atoms with van der Waals surface area (Å²) >= 11 is 0. The molecule has 0 spiro atoms. The molecule has 0 amide bonds. The number of halogens is 1. The summed E-state index contributed by atoms with van der Waals surface area (Å²) in [5, 5.41) is 4.23. The quantitative estimate of drug-likeness (QED) is 0.799. The van der Waals surface area contributed by atoms with Crippen molar-refractivity contribution in [2.75, 3.05) is 0 Å². The van der Waals surface area contributed by atoms with Crippen LogP contribution in [0.25, 0.3) is 11.4 Å². The molecular weight excluding hydrogens is 254 g/mol. The van der Waals surface area contributed by atoms with Crippen LogP contribution in [-0.4, -0.2) is 21.2 Å². The van der Waals surface area contributed by atoms with Crippen molar-refractivity contribution >= 4 is 18.9 Å². The molecule has 0 aromatic carbocycles. The monoisotopic (exact) mass is 267 g/mol. The molecule has 96 valence electrons. The van der Waals surface area contributed by atoms with Gasteiger partial charge in [0.05, 0.1) is 5.69 Å². The van der Waals surface area contributed by atoms with E-state index in [1.807, 2.05) is 24.6 Å². The Morgan fingerprint density at radius 2 is 2.11 bits per heavy atom. The van der Waals surface area contributed by atoms with Crippen LogP contribution in [0.3, 0.4) is 0 Å². The summed E-state index contributed by atoms with van der Waals surface area (Å²) in [7, 11) is 0. The third kappa shape index (κ3) is 2.68. The van der Waals surface area contributed by atoms with E-state index in [2.05, 4.69) is 10.1 Å². The summed E-state index contributed by atoms with van der Waals surface area (Å²) < 4.78 is 6.74. The third-order valence-electron chi connectivity index (χ3n) is 2.35. The van der Waals surface area contributed by atoms with Crippen LogP contribution in [0.2, 0.25) is 0 Å². The molecule has 0 aliphatic heterocycles. The molecule has 0 unspecified atom stereocenters. The Morgan fingerprint density at radius 3 is 2.78 bits per heavy atom. The van der Waals surface area contributed by atoms with E-state index in [9.17, 15) is 4.79 Å². The number of pyridine rings is 1. The van der Waals surface area contributed by atoms with Gasteiger partial charge in [0.1, 0.15) is 5.69 Å². The highest BCUT2D eigenvalue weighted by molar-refractivity contribution is 5.85. The van der Waals surface area contributed by atoms with E-state index in [4.69, 9.17) is 4.74 Å². The lowest BCUT2D eigenvalue weighted by Gasteiger charge is -2.11. The number of aromatic nitrogens is 3. The number of ether oxygens (including phenoxy) is 1. The molecule has 0 saturated heterocycles. The summed E-state index contributed by atoms with van der Waals surface area (Å²) in [6.45, 7) is 4.45. The molecule has 2 rings (SSSR count). The molecule has 0 bridgehead atoms. The van der Waals surface area contributed by atoms with E-state index in [-0.39, 0.29) is 18.4 Å². The van der Waals surface area contributed by atoms with Gasteiger partial charge < -0.3 is 4.74 Å². The first kappa shape index (κ1) is 14.2. The SMILES string of the molecule is CC(C)n1nccc1-c1ncccc1OC=O.Cl. The van der Waals surface area contributed by atoms with Gasteiger partial charge in [-0.25, -0.2) is 0 Å². The van der Waals surface area contributed by atoms with Gasteiger partial charge in [0.2, 0.25) is 0 Å². The number of hydrogen-bond donors (Lipinski definition) is 0. The van der Waals surface area contributed by atoms with E-state index in [1.165, 1.54) is 0 Å². The van der Waals surface area contributed by atoms with E-state index in [1.54, 1.807) is 24.5 Å². The highest BCUT2D eigenvalue weighted by Gasteiger charge is 2.14. The number of carbonyl (C=O) groups excluding carboxylic acids is 1. The fourth-order valence-corrected chi connectivity index (χ4v) is 1.64. The van der Waals surface area contributed by atoms with Gasteiger partial charge in [-0.2, -0.15) is 5.10 Å². The summed E-state index contributed by atoms with van der Waals surface area (Å²) in [5.41, 5.74) is 1.45. The van der Waals surface area contributed by atoms with E-state index >= 15 is 0 Å². The van der Waals surface area contributed by atoms with Crippen molar-refractivity contribution in [2.45, 2.75) is 19.9 Å². The van der Waals surface area contributed by atoms with Crippen LogP contribution < -0.4 is 4.74 Å². The molecule has 5 nitrogen and oxygen atoms in total. The number of nitrogens with zero attached hydrogens (tertiary/aromatic N) is 3. The van der Waals surface area contributed by atoms with Crippen LogP contribution >= 0.6 is 12.4 Å². The highest BCUT2D eigenvalue weighted by Crippen LogP contribution is 2.28. The van der Waals surface area contributed by atoms with E-state index < -0.39 is 0 Å². The molecule has 0 radical (unpaired) electrons. The topological polar surface area (TPSA) is 57.0 Å². The Hall–Kier alpha value is -1.88. The minimum Gasteiger partial charge on any atom is -0.426 e. The standard InChI is InChI=1S/C12H13N3O2.ClH/c1-9(2)15-10(5-7-14-15)12-11(17-8-16)4-3-6-13-12;/h3-9H,1-2H3;1H. The van der Waals surface area contributed by atoms with Gasteiger partial charge in [-0.1, -0.05) is 0 Å². The normalized spacial score (nSPS) is 9.94. The lowest BCUT2D eigenvalue weighted by molar-refractivity contribution is -0.120. The second-order valence-corrected chi connectivity index (χ2v) is 3.82. The summed E-state index contributed by atoms with van der Waals surface area (Å²) in [4.78, 5) is 14.7. The second kappa shape index (κ2) is 6.16. The average Bonchev–Trinajstić information content (AvgIpc) is 2.79. The molecule has 6 heteroatoms. The Kier molecular flexibility index (Phi) is 4.85. The Bertz CT molecular complexity index is 526. The largest absolute Gasteiger partial charge is 0.426 e. The molecule has 0 atom stereocenters. The van der Waals surface area contributed by atoms with Crippen molar-refractivity contribution in [1.82, 2.24) is 14.8 Å². The second-order valence-electron chi connectivity index (χ2n) is 3.82. The lowest BCUT2D eigenvalue weighted by atomic mass is 10.2. The molecule has 0 N–H and O–H groups in total. The Morgan fingerprint density at radius 1 is 1.33 bits per heavy atom. The number of hydrogen-bond acceptors (Lipinski definition) is 4. The Labute approximate surface area is 111 Å². The van der Waals surface area contributed by atoms with Crippen molar-refractivity contribution in [3.8, 4) is 17.1 Å². The maximum Gasteiger partial charge on any atom is 0.298 e. The zero-order valence-electron chi connectivity index (χ0n) is 10.1. The van der Waals surface area contributed by atoms with Crippen LogP contribution in [0.15, 0.2) is 30.6 Å². The van der Waals surface area contributed by atoms with E-state index in [0.29, 0.717) is 17.9 Å². The summed E-state index contributed by atoms with van der Waals surface area (Å²) in [6.07, 6.45) is 3.36. The van der Waals surface area contributed by atoms with Crippen molar-refractivity contribution in [3.63, 3.8) is 0 Å². The molecule has 0 saturated carbocycles. The van der Waals surface area contributed by atoms with E-state index in [0.717, 1.165) is 5.69 Å². The first-order valence-corrected chi connectivity index (χ1v) is 5.33. The van der Waals surface area contributed by atoms with Crippen LogP contribution in [-0.2, 0) is 4.79 Å². The van der Waals surface area contributed by atoms with Crippen molar-refractivity contribution in [3.05, 3.63) is 30.6 Å². The van der Waals surface area contributed by atoms with Crippen molar-refractivity contribution < 1.29 is 9.53 Å². The predicted molar refractivity (Wildman–Crippen MR) is 69.8 cm³/mol. The van der Waals surface area contributed by atoms with Crippen LogP contribution in [0.4, 0.5) is 0 Å². The third-order valence-corrected chi connectivity index (χ3v) is 2.35. The number of carbonyl (C=O) groups is 1. The van der Waals surface area contributed by atoms with Gasteiger partial charge in [-0.05, 0) is 32.0 Å². The molecular formula is C12H14ClN3O2. The molecule has 0 aliphatic rings. The fraction of sp³-hybridized carbons (Fsp3) is 0.250. The predicted octanol–water partition coefficient (Wildman–Crippen LogP) is 2.48. The van der Waals surface area contributed by atoms with Crippen molar-refractivity contribution in [2.24, 2.45) is 0 Å². The molecule has 0 fully saturated rings. The first-order valence-electron chi connectivity index (χ1n) is 5.33.